The molecular weight excluding hydrogens is 282 g/mol. The van der Waals surface area contributed by atoms with Crippen molar-refractivity contribution in [1.82, 2.24) is 15.1 Å². The van der Waals surface area contributed by atoms with Gasteiger partial charge in [-0.25, -0.2) is 0 Å². The first-order chi connectivity index (χ1) is 10.5. The summed E-state index contributed by atoms with van der Waals surface area (Å²) in [5, 5.41) is 16.7. The topological polar surface area (TPSA) is 84.2 Å². The Kier molecular flexibility index (Phi) is 3.93. The van der Waals surface area contributed by atoms with Gasteiger partial charge in [-0.15, -0.1) is 0 Å². The van der Waals surface area contributed by atoms with Crippen LogP contribution in [0.15, 0.2) is 6.20 Å². The summed E-state index contributed by atoms with van der Waals surface area (Å²) in [6, 6.07) is 0. The molecule has 6 heteroatoms. The average molecular weight is 305 g/mol. The molecule has 6 nitrogen and oxygen atoms in total. The third-order valence-corrected chi connectivity index (χ3v) is 5.33. The Bertz CT molecular complexity index is 595. The second-order valence-corrected chi connectivity index (χ2v) is 6.54. The number of nitrogens with one attached hydrogen (secondary N) is 1. The quantitative estimate of drug-likeness (QED) is 0.865. The predicted octanol–water partition coefficient (Wildman–Crippen LogP) is 1.57. The van der Waals surface area contributed by atoms with Crippen molar-refractivity contribution in [3.05, 3.63) is 17.5 Å². The van der Waals surface area contributed by atoms with Crippen molar-refractivity contribution >= 4 is 11.9 Å². The number of carbonyl (C=O) groups is 2. The summed E-state index contributed by atoms with van der Waals surface area (Å²) in [5.41, 5.74) is 1.90. The molecule has 2 aliphatic rings. The van der Waals surface area contributed by atoms with E-state index in [1.54, 1.807) is 0 Å². The highest BCUT2D eigenvalue weighted by atomic mass is 16.4. The van der Waals surface area contributed by atoms with Gasteiger partial charge in [-0.1, -0.05) is 0 Å². The van der Waals surface area contributed by atoms with Crippen molar-refractivity contribution in [3.8, 4) is 0 Å². The van der Waals surface area contributed by atoms with Crippen LogP contribution in [-0.2, 0) is 22.7 Å². The summed E-state index contributed by atoms with van der Waals surface area (Å²) >= 11 is 0. The van der Waals surface area contributed by atoms with Crippen LogP contribution in [0.4, 0.5) is 0 Å². The largest absolute Gasteiger partial charge is 0.481 e. The van der Waals surface area contributed by atoms with E-state index < -0.39 is 11.9 Å². The van der Waals surface area contributed by atoms with E-state index in [9.17, 15) is 14.7 Å². The molecule has 4 atom stereocenters. The number of fused-ring (bicyclic) bond motifs is 2. The van der Waals surface area contributed by atoms with Gasteiger partial charge in [-0.05, 0) is 44.9 Å². The first-order valence-corrected chi connectivity index (χ1v) is 8.04. The lowest BCUT2D eigenvalue weighted by atomic mass is 9.78. The molecule has 0 radical (unpaired) electrons. The molecule has 1 amide bonds. The van der Waals surface area contributed by atoms with E-state index in [1.165, 1.54) is 0 Å². The number of nitrogens with zero attached hydrogens (tertiary/aromatic N) is 2. The summed E-state index contributed by atoms with van der Waals surface area (Å²) in [5.74, 6) is -1.37. The maximum Gasteiger partial charge on any atom is 0.307 e. The fourth-order valence-corrected chi connectivity index (χ4v) is 4.22. The number of hydrogen-bond acceptors (Lipinski definition) is 3. The standard InChI is InChI=1S/C16H23N3O3/c1-3-19-8-12(9(2)18-19)7-17-15(20)13-10-4-5-11(6-10)14(13)16(21)22/h8,10-11,13-14H,3-7H2,1-2H3,(H,17,20)(H,21,22)/t10-,11-,13-,14+/m0/s1. The zero-order valence-corrected chi connectivity index (χ0v) is 13.1. The predicted molar refractivity (Wildman–Crippen MR) is 79.9 cm³/mol. The molecular formula is C16H23N3O3. The highest BCUT2D eigenvalue weighted by molar-refractivity contribution is 5.86. The molecule has 0 aromatic carbocycles. The number of carbonyl (C=O) groups excluding carboxylic acids is 1. The molecule has 120 valence electrons. The van der Waals surface area contributed by atoms with Crippen LogP contribution in [0.2, 0.25) is 0 Å². The van der Waals surface area contributed by atoms with E-state index in [1.807, 2.05) is 24.7 Å². The van der Waals surface area contributed by atoms with E-state index in [0.29, 0.717) is 6.54 Å². The molecule has 1 aromatic rings. The van der Waals surface area contributed by atoms with Crippen molar-refractivity contribution < 1.29 is 14.7 Å². The van der Waals surface area contributed by atoms with Crippen LogP contribution >= 0.6 is 0 Å². The molecule has 0 unspecified atom stereocenters. The van der Waals surface area contributed by atoms with Crippen molar-refractivity contribution in [1.29, 1.82) is 0 Å². The lowest BCUT2D eigenvalue weighted by Gasteiger charge is -2.27. The van der Waals surface area contributed by atoms with E-state index in [-0.39, 0.29) is 23.7 Å². The third kappa shape index (κ3) is 2.51. The third-order valence-electron chi connectivity index (χ3n) is 5.33. The smallest absolute Gasteiger partial charge is 0.307 e. The molecule has 0 spiro atoms. The Morgan fingerprint density at radius 3 is 2.64 bits per heavy atom. The Balaban J connectivity index is 1.66. The minimum absolute atomic E-state index is 0.108. The fourth-order valence-electron chi connectivity index (χ4n) is 4.22. The maximum absolute atomic E-state index is 12.5. The molecule has 22 heavy (non-hydrogen) atoms. The molecule has 1 aromatic heterocycles. The summed E-state index contributed by atoms with van der Waals surface area (Å²) in [7, 11) is 0. The number of aliphatic carboxylic acids is 1. The van der Waals surface area contributed by atoms with Crippen LogP contribution in [0.25, 0.3) is 0 Å². The second-order valence-electron chi connectivity index (χ2n) is 6.54. The van der Waals surface area contributed by atoms with E-state index in [4.69, 9.17) is 0 Å². The van der Waals surface area contributed by atoms with Crippen molar-refractivity contribution in [2.45, 2.75) is 46.2 Å². The Labute approximate surface area is 129 Å². The average Bonchev–Trinajstić information content (AvgIpc) is 3.18. The van der Waals surface area contributed by atoms with Crippen LogP contribution in [0.3, 0.4) is 0 Å². The number of amides is 1. The lowest BCUT2D eigenvalue weighted by molar-refractivity contribution is -0.149. The van der Waals surface area contributed by atoms with E-state index in [2.05, 4.69) is 10.4 Å². The number of rotatable bonds is 5. The minimum Gasteiger partial charge on any atom is -0.481 e. The van der Waals surface area contributed by atoms with Gasteiger partial charge in [-0.3, -0.25) is 14.3 Å². The summed E-state index contributed by atoms with van der Waals surface area (Å²) in [6.45, 7) is 5.15. The van der Waals surface area contributed by atoms with Gasteiger partial charge in [0.25, 0.3) is 0 Å². The minimum atomic E-state index is -0.817. The highest BCUT2D eigenvalue weighted by Gasteiger charge is 2.53. The van der Waals surface area contributed by atoms with Crippen LogP contribution in [0, 0.1) is 30.6 Å². The first-order valence-electron chi connectivity index (χ1n) is 8.04. The zero-order valence-electron chi connectivity index (χ0n) is 13.1. The molecule has 1 heterocycles. The molecule has 2 fully saturated rings. The molecule has 2 saturated carbocycles. The number of carboxylic acid groups (broad SMARTS) is 1. The van der Waals surface area contributed by atoms with Gasteiger partial charge < -0.3 is 10.4 Å². The number of hydrogen-bond donors (Lipinski definition) is 2. The van der Waals surface area contributed by atoms with Gasteiger partial charge in [0.15, 0.2) is 0 Å². The SMILES string of the molecule is CCn1cc(CNC(=O)[C@H]2[C@H]3CC[C@@H](C3)[C@H]2C(=O)O)c(C)n1. The molecule has 2 aliphatic carbocycles. The molecule has 0 aliphatic heterocycles. The molecule has 3 rings (SSSR count). The highest BCUT2D eigenvalue weighted by Crippen LogP contribution is 2.52. The number of aryl methyl sites for hydroxylation is 2. The first kappa shape index (κ1) is 15.1. The van der Waals surface area contributed by atoms with Gasteiger partial charge >= 0.3 is 5.97 Å². The van der Waals surface area contributed by atoms with Crippen molar-refractivity contribution in [2.75, 3.05) is 0 Å². The fraction of sp³-hybridized carbons (Fsp3) is 0.688. The molecule has 2 bridgehead atoms. The van der Waals surface area contributed by atoms with Crippen LogP contribution in [0.5, 0.6) is 0 Å². The van der Waals surface area contributed by atoms with Gasteiger partial charge in [-0.2, -0.15) is 5.10 Å². The Morgan fingerprint density at radius 1 is 1.36 bits per heavy atom. The summed E-state index contributed by atoms with van der Waals surface area (Å²) in [6.07, 6.45) is 4.76. The van der Waals surface area contributed by atoms with E-state index >= 15 is 0 Å². The molecule has 0 saturated heterocycles. The van der Waals surface area contributed by atoms with E-state index in [0.717, 1.165) is 37.1 Å². The summed E-state index contributed by atoms with van der Waals surface area (Å²) in [4.78, 5) is 24.0. The Morgan fingerprint density at radius 2 is 2.05 bits per heavy atom. The van der Waals surface area contributed by atoms with Gasteiger partial charge in [0.2, 0.25) is 5.91 Å². The Hall–Kier alpha value is -1.85. The zero-order chi connectivity index (χ0) is 15.9. The maximum atomic E-state index is 12.5. The molecule has 2 N–H and O–H groups in total. The number of carboxylic acids is 1. The lowest BCUT2D eigenvalue weighted by Crippen LogP contribution is -2.41. The summed E-state index contributed by atoms with van der Waals surface area (Å²) < 4.78 is 1.84. The second kappa shape index (κ2) is 5.74. The van der Waals surface area contributed by atoms with Crippen LogP contribution in [-0.4, -0.2) is 26.8 Å². The van der Waals surface area contributed by atoms with Crippen LogP contribution in [0.1, 0.15) is 37.4 Å². The normalized spacial score (nSPS) is 29.7. The van der Waals surface area contributed by atoms with Crippen LogP contribution < -0.4 is 5.32 Å². The van der Waals surface area contributed by atoms with Crippen molar-refractivity contribution in [3.63, 3.8) is 0 Å². The van der Waals surface area contributed by atoms with Gasteiger partial charge in [0.1, 0.15) is 0 Å². The number of aromatic nitrogens is 2. The van der Waals surface area contributed by atoms with Gasteiger partial charge in [0.05, 0.1) is 17.5 Å². The van der Waals surface area contributed by atoms with Gasteiger partial charge in [0, 0.05) is 24.8 Å². The van der Waals surface area contributed by atoms with Crippen molar-refractivity contribution in [2.24, 2.45) is 23.7 Å². The monoisotopic (exact) mass is 305 g/mol.